The van der Waals surface area contributed by atoms with Crippen LogP contribution >= 0.6 is 27.3 Å². The van der Waals surface area contributed by atoms with Crippen LogP contribution in [-0.2, 0) is 4.79 Å². The molecule has 0 bridgehead atoms. The van der Waals surface area contributed by atoms with E-state index in [1.807, 2.05) is 4.90 Å². The van der Waals surface area contributed by atoms with E-state index in [0.717, 1.165) is 35.1 Å². The van der Waals surface area contributed by atoms with Crippen LogP contribution in [0.4, 0.5) is 5.13 Å². The fourth-order valence-electron chi connectivity index (χ4n) is 2.36. The topological polar surface area (TPSA) is 49.3 Å². The minimum absolute atomic E-state index is 0.308. The number of halogens is 1. The van der Waals surface area contributed by atoms with E-state index in [9.17, 15) is 4.79 Å². The molecule has 0 aliphatic carbocycles. The van der Waals surface area contributed by atoms with E-state index in [4.69, 9.17) is 0 Å². The molecule has 5 nitrogen and oxygen atoms in total. The van der Waals surface area contributed by atoms with Crippen molar-refractivity contribution >= 4 is 38.3 Å². The Balaban J connectivity index is 1.75. The van der Waals surface area contributed by atoms with Gasteiger partial charge in [-0.3, -0.25) is 4.79 Å². The van der Waals surface area contributed by atoms with Crippen molar-refractivity contribution in [1.29, 1.82) is 0 Å². The predicted molar refractivity (Wildman–Crippen MR) is 64.6 cm³/mol. The third-order valence-corrected chi connectivity index (χ3v) is 4.57. The number of aromatic nitrogens is 2. The molecule has 0 radical (unpaired) electrons. The van der Waals surface area contributed by atoms with Crippen LogP contribution in [0.25, 0.3) is 0 Å². The minimum atomic E-state index is 0.308. The Hall–Kier alpha value is -0.690. The van der Waals surface area contributed by atoms with Crippen molar-refractivity contribution in [3.63, 3.8) is 0 Å². The zero-order valence-electron chi connectivity index (χ0n) is 8.60. The fraction of sp³-hybridized carbons (Fsp3) is 0.667. The monoisotopic (exact) mass is 302 g/mol. The Labute approximate surface area is 106 Å². The maximum atomic E-state index is 11.5. The number of piperazine rings is 1. The molecule has 3 heterocycles. The lowest BCUT2D eigenvalue weighted by Crippen LogP contribution is -2.51. The molecule has 2 aliphatic heterocycles. The van der Waals surface area contributed by atoms with E-state index < -0.39 is 0 Å². The summed E-state index contributed by atoms with van der Waals surface area (Å²) >= 11 is 4.86. The number of hydrogen-bond acceptors (Lipinski definition) is 5. The lowest BCUT2D eigenvalue weighted by Gasteiger charge is -2.37. The molecule has 3 rings (SSSR count). The lowest BCUT2D eigenvalue weighted by atomic mass is 10.2. The van der Waals surface area contributed by atoms with Crippen molar-refractivity contribution in [2.75, 3.05) is 24.5 Å². The first-order valence-corrected chi connectivity index (χ1v) is 6.88. The van der Waals surface area contributed by atoms with Crippen LogP contribution in [0.1, 0.15) is 12.8 Å². The standard InChI is InChI=1S/C9H11BrN4OS/c10-8-11-12-9(16-8)13-3-4-14-6(5-13)1-2-7(14)15/h6H,1-5H2. The van der Waals surface area contributed by atoms with Gasteiger partial charge in [0.1, 0.15) is 0 Å². The smallest absolute Gasteiger partial charge is 0.223 e. The van der Waals surface area contributed by atoms with Gasteiger partial charge < -0.3 is 9.80 Å². The van der Waals surface area contributed by atoms with Crippen LogP contribution in [0.5, 0.6) is 0 Å². The summed E-state index contributed by atoms with van der Waals surface area (Å²) in [4.78, 5) is 15.8. The van der Waals surface area contributed by atoms with E-state index in [1.54, 1.807) is 11.3 Å². The highest BCUT2D eigenvalue weighted by Crippen LogP contribution is 2.29. The molecule has 7 heteroatoms. The van der Waals surface area contributed by atoms with Crippen LogP contribution in [0.3, 0.4) is 0 Å². The van der Waals surface area contributed by atoms with Gasteiger partial charge in [-0.2, -0.15) is 0 Å². The minimum Gasteiger partial charge on any atom is -0.343 e. The highest BCUT2D eigenvalue weighted by Gasteiger charge is 2.36. The summed E-state index contributed by atoms with van der Waals surface area (Å²) in [7, 11) is 0. The zero-order chi connectivity index (χ0) is 11.1. The number of carbonyl (C=O) groups excluding carboxylic acids is 1. The first-order chi connectivity index (χ1) is 7.74. The fourth-order valence-corrected chi connectivity index (χ4v) is 3.49. The number of anilines is 1. The van der Waals surface area contributed by atoms with Crippen LogP contribution in [0.15, 0.2) is 3.92 Å². The van der Waals surface area contributed by atoms with Crippen LogP contribution < -0.4 is 4.90 Å². The molecule has 86 valence electrons. The molecular formula is C9H11BrN4OS. The lowest BCUT2D eigenvalue weighted by molar-refractivity contribution is -0.129. The molecule has 1 aromatic heterocycles. The summed E-state index contributed by atoms with van der Waals surface area (Å²) in [6.07, 6.45) is 1.69. The van der Waals surface area contributed by atoms with Gasteiger partial charge in [-0.25, -0.2) is 0 Å². The van der Waals surface area contributed by atoms with Gasteiger partial charge in [0.05, 0.1) is 0 Å². The number of hydrogen-bond donors (Lipinski definition) is 0. The van der Waals surface area contributed by atoms with Crippen LogP contribution in [-0.4, -0.2) is 46.7 Å². The molecule has 16 heavy (non-hydrogen) atoms. The number of fused-ring (bicyclic) bond motifs is 1. The van der Waals surface area contributed by atoms with Gasteiger partial charge in [-0.05, 0) is 22.4 Å². The summed E-state index contributed by atoms with van der Waals surface area (Å²) < 4.78 is 0.812. The maximum Gasteiger partial charge on any atom is 0.223 e. The average molecular weight is 303 g/mol. The van der Waals surface area contributed by atoms with E-state index in [0.29, 0.717) is 18.4 Å². The SMILES string of the molecule is O=C1CCC2CN(c3nnc(Br)s3)CCN12. The molecule has 2 fully saturated rings. The second-order valence-electron chi connectivity index (χ2n) is 4.06. The van der Waals surface area contributed by atoms with Gasteiger partial charge in [0, 0.05) is 32.1 Å². The largest absolute Gasteiger partial charge is 0.343 e. The number of rotatable bonds is 1. The zero-order valence-corrected chi connectivity index (χ0v) is 11.0. The first kappa shape index (κ1) is 10.5. The number of amides is 1. The molecule has 1 atom stereocenters. The summed E-state index contributed by atoms with van der Waals surface area (Å²) in [6, 6.07) is 0.379. The third kappa shape index (κ3) is 1.71. The molecule has 0 spiro atoms. The highest BCUT2D eigenvalue weighted by atomic mass is 79.9. The van der Waals surface area contributed by atoms with Crippen molar-refractivity contribution in [3.05, 3.63) is 3.92 Å². The molecule has 0 N–H and O–H groups in total. The predicted octanol–water partition coefficient (Wildman–Crippen LogP) is 1.11. The molecule has 1 aromatic rings. The highest BCUT2D eigenvalue weighted by molar-refractivity contribution is 9.11. The Kier molecular flexibility index (Phi) is 2.59. The average Bonchev–Trinajstić information content (AvgIpc) is 2.86. The van der Waals surface area contributed by atoms with Crippen molar-refractivity contribution in [3.8, 4) is 0 Å². The Bertz CT molecular complexity index is 423. The van der Waals surface area contributed by atoms with E-state index in [-0.39, 0.29) is 0 Å². The third-order valence-electron chi connectivity index (χ3n) is 3.15. The first-order valence-electron chi connectivity index (χ1n) is 5.27. The van der Waals surface area contributed by atoms with Crippen LogP contribution in [0, 0.1) is 0 Å². The molecule has 1 unspecified atom stereocenters. The second-order valence-corrected chi connectivity index (χ2v) is 6.30. The van der Waals surface area contributed by atoms with Crippen LogP contribution in [0.2, 0.25) is 0 Å². The van der Waals surface area contributed by atoms with Gasteiger partial charge >= 0.3 is 0 Å². The van der Waals surface area contributed by atoms with Crippen molar-refractivity contribution in [2.45, 2.75) is 18.9 Å². The molecule has 0 saturated carbocycles. The van der Waals surface area contributed by atoms with Gasteiger partial charge in [0.25, 0.3) is 0 Å². The Morgan fingerprint density at radius 3 is 3.00 bits per heavy atom. The van der Waals surface area contributed by atoms with Gasteiger partial charge in [-0.15, -0.1) is 10.2 Å². The number of carbonyl (C=O) groups is 1. The second kappa shape index (κ2) is 3.96. The van der Waals surface area contributed by atoms with E-state index in [1.165, 1.54) is 0 Å². The Morgan fingerprint density at radius 2 is 2.25 bits per heavy atom. The van der Waals surface area contributed by atoms with Gasteiger partial charge in [-0.1, -0.05) is 11.3 Å². The maximum absolute atomic E-state index is 11.5. The number of nitrogens with zero attached hydrogens (tertiary/aromatic N) is 4. The molecule has 2 aliphatic rings. The summed E-state index contributed by atoms with van der Waals surface area (Å²) in [5.41, 5.74) is 0. The summed E-state index contributed by atoms with van der Waals surface area (Å²) in [5, 5.41) is 9.02. The molecular weight excluding hydrogens is 292 g/mol. The Morgan fingerprint density at radius 1 is 1.38 bits per heavy atom. The van der Waals surface area contributed by atoms with E-state index >= 15 is 0 Å². The molecule has 2 saturated heterocycles. The normalized spacial score (nSPS) is 25.1. The van der Waals surface area contributed by atoms with E-state index in [2.05, 4.69) is 31.0 Å². The quantitative estimate of drug-likeness (QED) is 0.780. The molecule has 0 aromatic carbocycles. The van der Waals surface area contributed by atoms with Gasteiger partial charge in [0.2, 0.25) is 11.0 Å². The van der Waals surface area contributed by atoms with Crippen molar-refractivity contribution < 1.29 is 4.79 Å². The van der Waals surface area contributed by atoms with Gasteiger partial charge in [0.15, 0.2) is 3.92 Å². The summed E-state index contributed by atoms with van der Waals surface area (Å²) in [6.45, 7) is 2.58. The summed E-state index contributed by atoms with van der Waals surface area (Å²) in [5.74, 6) is 0.308. The van der Waals surface area contributed by atoms with Crippen molar-refractivity contribution in [2.24, 2.45) is 0 Å². The van der Waals surface area contributed by atoms with Crippen molar-refractivity contribution in [1.82, 2.24) is 15.1 Å². The molecule has 1 amide bonds.